The number of amides is 1. The standard InChI is InChI=1S/C14H16BrNO5/c1-8(9-2-4-10(15)5-3-9)6-12(17)16-11(14(20)21)7-13(18)19/h2-5,8,11H,6-7H2,1H3,(H,16,17)(H,18,19)(H,20,21). The molecular weight excluding hydrogens is 342 g/mol. The number of hydrogen-bond donors (Lipinski definition) is 3. The van der Waals surface area contributed by atoms with Crippen molar-refractivity contribution in [1.29, 1.82) is 0 Å². The van der Waals surface area contributed by atoms with Crippen molar-refractivity contribution >= 4 is 33.8 Å². The van der Waals surface area contributed by atoms with Crippen LogP contribution in [0.3, 0.4) is 0 Å². The first-order chi connectivity index (χ1) is 9.79. The average Bonchev–Trinajstić information content (AvgIpc) is 2.37. The lowest BCUT2D eigenvalue weighted by Gasteiger charge is -2.15. The minimum absolute atomic E-state index is 0.0883. The number of rotatable bonds is 7. The van der Waals surface area contributed by atoms with Gasteiger partial charge in [-0.3, -0.25) is 9.59 Å². The van der Waals surface area contributed by atoms with Crippen molar-refractivity contribution in [3.05, 3.63) is 34.3 Å². The van der Waals surface area contributed by atoms with E-state index < -0.39 is 30.3 Å². The van der Waals surface area contributed by atoms with Gasteiger partial charge in [0.15, 0.2) is 0 Å². The highest BCUT2D eigenvalue weighted by Crippen LogP contribution is 2.21. The van der Waals surface area contributed by atoms with E-state index in [1.807, 2.05) is 31.2 Å². The van der Waals surface area contributed by atoms with Crippen molar-refractivity contribution in [3.8, 4) is 0 Å². The maximum atomic E-state index is 11.8. The maximum absolute atomic E-state index is 11.8. The van der Waals surface area contributed by atoms with Gasteiger partial charge in [0.25, 0.3) is 0 Å². The average molecular weight is 358 g/mol. The molecule has 0 heterocycles. The Labute approximate surface area is 130 Å². The highest BCUT2D eigenvalue weighted by Gasteiger charge is 2.23. The van der Waals surface area contributed by atoms with Crippen LogP contribution in [0.5, 0.6) is 0 Å². The molecule has 0 spiro atoms. The monoisotopic (exact) mass is 357 g/mol. The van der Waals surface area contributed by atoms with E-state index in [4.69, 9.17) is 10.2 Å². The zero-order valence-electron chi connectivity index (χ0n) is 11.4. The van der Waals surface area contributed by atoms with E-state index in [0.29, 0.717) is 0 Å². The van der Waals surface area contributed by atoms with Crippen LogP contribution in [-0.4, -0.2) is 34.1 Å². The largest absolute Gasteiger partial charge is 0.481 e. The third-order valence-electron chi connectivity index (χ3n) is 2.94. The van der Waals surface area contributed by atoms with Crippen molar-refractivity contribution < 1.29 is 24.6 Å². The zero-order valence-corrected chi connectivity index (χ0v) is 13.0. The van der Waals surface area contributed by atoms with Gasteiger partial charge in [0, 0.05) is 10.9 Å². The molecule has 7 heteroatoms. The van der Waals surface area contributed by atoms with E-state index in [-0.39, 0.29) is 12.3 Å². The Balaban J connectivity index is 2.61. The molecule has 2 atom stereocenters. The highest BCUT2D eigenvalue weighted by atomic mass is 79.9. The van der Waals surface area contributed by atoms with E-state index in [2.05, 4.69) is 21.2 Å². The summed E-state index contributed by atoms with van der Waals surface area (Å²) >= 11 is 3.32. The summed E-state index contributed by atoms with van der Waals surface area (Å²) in [5, 5.41) is 19.7. The number of carboxylic acid groups (broad SMARTS) is 2. The predicted molar refractivity (Wildman–Crippen MR) is 79.0 cm³/mol. The molecular formula is C14H16BrNO5. The Morgan fingerprint density at radius 1 is 1.14 bits per heavy atom. The predicted octanol–water partition coefficient (Wildman–Crippen LogP) is 1.99. The third kappa shape index (κ3) is 5.95. The van der Waals surface area contributed by atoms with Gasteiger partial charge in [-0.1, -0.05) is 35.0 Å². The Kier molecular flexibility index (Phi) is 6.36. The smallest absolute Gasteiger partial charge is 0.326 e. The van der Waals surface area contributed by atoms with E-state index in [0.717, 1.165) is 10.0 Å². The number of carbonyl (C=O) groups excluding carboxylic acids is 1. The number of benzene rings is 1. The summed E-state index contributed by atoms with van der Waals surface area (Å²) in [5.41, 5.74) is 0.943. The van der Waals surface area contributed by atoms with Crippen molar-refractivity contribution in [3.63, 3.8) is 0 Å². The van der Waals surface area contributed by atoms with Gasteiger partial charge < -0.3 is 15.5 Å². The number of aliphatic carboxylic acids is 2. The fraction of sp³-hybridized carbons (Fsp3) is 0.357. The molecule has 0 saturated carbocycles. The molecule has 0 saturated heterocycles. The zero-order chi connectivity index (χ0) is 16.0. The van der Waals surface area contributed by atoms with Gasteiger partial charge in [-0.05, 0) is 23.6 Å². The molecule has 0 aliphatic heterocycles. The number of carbonyl (C=O) groups is 3. The summed E-state index contributed by atoms with van der Waals surface area (Å²) < 4.78 is 0.926. The summed E-state index contributed by atoms with van der Waals surface area (Å²) in [4.78, 5) is 33.2. The molecule has 0 bridgehead atoms. The molecule has 0 aliphatic carbocycles. The Morgan fingerprint density at radius 2 is 1.71 bits per heavy atom. The van der Waals surface area contributed by atoms with Gasteiger partial charge in [0.1, 0.15) is 6.04 Å². The van der Waals surface area contributed by atoms with E-state index in [1.54, 1.807) is 0 Å². The molecule has 0 aliphatic rings. The van der Waals surface area contributed by atoms with Crippen LogP contribution in [0.1, 0.15) is 31.2 Å². The molecule has 2 unspecified atom stereocenters. The molecule has 0 radical (unpaired) electrons. The first-order valence-corrected chi connectivity index (χ1v) is 7.08. The summed E-state index contributed by atoms with van der Waals surface area (Å²) in [6.07, 6.45) is -0.557. The van der Waals surface area contributed by atoms with Crippen LogP contribution in [0.25, 0.3) is 0 Å². The Morgan fingerprint density at radius 3 is 2.19 bits per heavy atom. The van der Waals surface area contributed by atoms with Crippen molar-refractivity contribution in [2.75, 3.05) is 0 Å². The van der Waals surface area contributed by atoms with Crippen LogP contribution in [0.2, 0.25) is 0 Å². The summed E-state index contributed by atoms with van der Waals surface area (Å²) in [5.74, 6) is -3.22. The van der Waals surface area contributed by atoms with Crippen LogP contribution in [0.4, 0.5) is 0 Å². The molecule has 1 aromatic carbocycles. The molecule has 1 aromatic rings. The quantitative estimate of drug-likeness (QED) is 0.692. The second-order valence-corrected chi connectivity index (χ2v) is 5.63. The number of carboxylic acids is 2. The third-order valence-corrected chi connectivity index (χ3v) is 3.47. The van der Waals surface area contributed by atoms with E-state index in [9.17, 15) is 14.4 Å². The minimum Gasteiger partial charge on any atom is -0.481 e. The van der Waals surface area contributed by atoms with Crippen LogP contribution in [-0.2, 0) is 14.4 Å². The van der Waals surface area contributed by atoms with Crippen LogP contribution in [0, 0.1) is 0 Å². The SMILES string of the molecule is CC(CC(=O)NC(CC(=O)O)C(=O)O)c1ccc(Br)cc1. The fourth-order valence-corrected chi connectivity index (χ4v) is 2.08. The topological polar surface area (TPSA) is 104 Å². The first kappa shape index (κ1) is 17.2. The summed E-state index contributed by atoms with van der Waals surface area (Å²) in [6.45, 7) is 1.84. The summed E-state index contributed by atoms with van der Waals surface area (Å²) in [7, 11) is 0. The molecule has 1 amide bonds. The summed E-state index contributed by atoms with van der Waals surface area (Å²) in [6, 6.07) is 6.04. The van der Waals surface area contributed by atoms with Crippen molar-refractivity contribution in [2.45, 2.75) is 31.7 Å². The Bertz CT molecular complexity index is 529. The van der Waals surface area contributed by atoms with Crippen molar-refractivity contribution in [1.82, 2.24) is 5.32 Å². The lowest BCUT2D eigenvalue weighted by Crippen LogP contribution is -2.42. The molecule has 6 nitrogen and oxygen atoms in total. The second-order valence-electron chi connectivity index (χ2n) is 4.71. The molecule has 0 fully saturated rings. The normalized spacial score (nSPS) is 13.2. The second kappa shape index (κ2) is 7.78. The van der Waals surface area contributed by atoms with Crippen LogP contribution >= 0.6 is 15.9 Å². The fourth-order valence-electron chi connectivity index (χ4n) is 1.82. The van der Waals surface area contributed by atoms with Gasteiger partial charge >= 0.3 is 11.9 Å². The molecule has 3 N–H and O–H groups in total. The van der Waals surface area contributed by atoms with Crippen molar-refractivity contribution in [2.24, 2.45) is 0 Å². The van der Waals surface area contributed by atoms with Crippen LogP contribution in [0.15, 0.2) is 28.7 Å². The van der Waals surface area contributed by atoms with Crippen LogP contribution < -0.4 is 5.32 Å². The van der Waals surface area contributed by atoms with E-state index in [1.165, 1.54) is 0 Å². The van der Waals surface area contributed by atoms with Gasteiger partial charge in [0.05, 0.1) is 6.42 Å². The molecule has 114 valence electrons. The van der Waals surface area contributed by atoms with Gasteiger partial charge in [-0.2, -0.15) is 0 Å². The number of hydrogen-bond acceptors (Lipinski definition) is 3. The molecule has 21 heavy (non-hydrogen) atoms. The minimum atomic E-state index is -1.41. The number of nitrogens with one attached hydrogen (secondary N) is 1. The lowest BCUT2D eigenvalue weighted by molar-refractivity contribution is -0.147. The molecule has 0 aromatic heterocycles. The van der Waals surface area contributed by atoms with Gasteiger partial charge in [-0.25, -0.2) is 4.79 Å². The highest BCUT2D eigenvalue weighted by molar-refractivity contribution is 9.10. The Hall–Kier alpha value is -1.89. The molecule has 1 rings (SSSR count). The van der Waals surface area contributed by atoms with Gasteiger partial charge in [0.2, 0.25) is 5.91 Å². The maximum Gasteiger partial charge on any atom is 0.326 e. The lowest BCUT2D eigenvalue weighted by atomic mass is 9.97. The van der Waals surface area contributed by atoms with Gasteiger partial charge in [-0.15, -0.1) is 0 Å². The first-order valence-electron chi connectivity index (χ1n) is 6.29. The number of halogens is 1. The van der Waals surface area contributed by atoms with E-state index >= 15 is 0 Å².